The summed E-state index contributed by atoms with van der Waals surface area (Å²) < 4.78 is 5.93. The average molecular weight is 447 g/mol. The van der Waals surface area contributed by atoms with Crippen molar-refractivity contribution in [1.82, 2.24) is 5.32 Å². The van der Waals surface area contributed by atoms with E-state index in [4.69, 9.17) is 4.42 Å². The fourth-order valence-electron chi connectivity index (χ4n) is 1.88. The third kappa shape index (κ3) is 2.49. The number of rotatable bonds is 1. The van der Waals surface area contributed by atoms with E-state index in [1.54, 1.807) is 0 Å². The summed E-state index contributed by atoms with van der Waals surface area (Å²) in [6.45, 7) is 0. The Bertz CT molecular complexity index is 934. The Morgan fingerprint density at radius 3 is 2.64 bits per heavy atom. The van der Waals surface area contributed by atoms with E-state index in [-0.39, 0.29) is 31.7 Å². The van der Waals surface area contributed by atoms with Gasteiger partial charge in [-0.15, -0.1) is 0 Å². The van der Waals surface area contributed by atoms with Gasteiger partial charge in [0.25, 0.3) is 11.1 Å². The zero-order valence-corrected chi connectivity index (χ0v) is 14.5. The number of fused-ring (bicyclic) bond motifs is 1. The maximum Gasteiger partial charge on any atom is 0.290 e. The fraction of sp³-hybridized carbons (Fsp3) is 0. The highest BCUT2D eigenvalue weighted by atomic mass is 79.9. The van der Waals surface area contributed by atoms with Crippen molar-refractivity contribution >= 4 is 71.8 Å². The van der Waals surface area contributed by atoms with Crippen LogP contribution in [-0.4, -0.2) is 16.3 Å². The van der Waals surface area contributed by atoms with E-state index in [1.807, 2.05) is 0 Å². The molecule has 112 valence electrons. The molecule has 2 aromatic rings. The molecule has 6 nitrogen and oxygen atoms in total. The van der Waals surface area contributed by atoms with Gasteiger partial charge < -0.3 is 9.52 Å². The number of thioether (sulfide) groups is 1. The number of hydrogen-bond donors (Lipinski definition) is 2. The molecule has 3 rings (SSSR count). The number of imide groups is 1. The summed E-state index contributed by atoms with van der Waals surface area (Å²) in [5.74, 6) is -0.694. The second-order valence-electron chi connectivity index (χ2n) is 4.27. The molecule has 1 aromatic carbocycles. The maximum absolute atomic E-state index is 12.5. The standard InChI is InChI=1S/C13H5Br2NO5S/c14-5-2-6-8(9(15)11(5)18)10(17)4(3-21-6)1-7-12(19)16-13(20)22-7/h1-3,18H,(H,16,19,20)/b7-1-. The number of nitrogens with one attached hydrogen (secondary N) is 1. The second-order valence-corrected chi connectivity index (χ2v) is 6.93. The molecule has 2 heterocycles. The van der Waals surface area contributed by atoms with Crippen molar-refractivity contribution in [2.24, 2.45) is 0 Å². The van der Waals surface area contributed by atoms with Crippen molar-refractivity contribution in [2.75, 3.05) is 0 Å². The van der Waals surface area contributed by atoms with E-state index in [1.165, 1.54) is 18.4 Å². The van der Waals surface area contributed by atoms with E-state index in [0.29, 0.717) is 16.2 Å². The molecule has 22 heavy (non-hydrogen) atoms. The lowest BCUT2D eigenvalue weighted by molar-refractivity contribution is -0.115. The summed E-state index contributed by atoms with van der Waals surface area (Å²) in [6.07, 6.45) is 2.48. The van der Waals surface area contributed by atoms with Gasteiger partial charge in [-0.3, -0.25) is 19.7 Å². The molecule has 1 fully saturated rings. The molecule has 1 aliphatic rings. The van der Waals surface area contributed by atoms with E-state index in [2.05, 4.69) is 37.2 Å². The van der Waals surface area contributed by atoms with Gasteiger partial charge in [0.1, 0.15) is 17.6 Å². The van der Waals surface area contributed by atoms with Crippen LogP contribution in [0.2, 0.25) is 0 Å². The van der Waals surface area contributed by atoms with Crippen LogP contribution in [0.25, 0.3) is 17.0 Å². The third-order valence-electron chi connectivity index (χ3n) is 2.89. The highest BCUT2D eigenvalue weighted by Gasteiger charge is 2.26. The van der Waals surface area contributed by atoms with Gasteiger partial charge in [0.05, 0.1) is 24.8 Å². The molecule has 0 saturated carbocycles. The number of carbonyl (C=O) groups excluding carboxylic acids is 2. The predicted molar refractivity (Wildman–Crippen MR) is 88.7 cm³/mol. The highest BCUT2D eigenvalue weighted by Crippen LogP contribution is 2.37. The first kappa shape index (κ1) is 15.3. The van der Waals surface area contributed by atoms with Gasteiger partial charge in [-0.25, -0.2) is 0 Å². The molecule has 1 aliphatic heterocycles. The topological polar surface area (TPSA) is 96.6 Å². The maximum atomic E-state index is 12.5. The van der Waals surface area contributed by atoms with Crippen molar-refractivity contribution in [2.45, 2.75) is 0 Å². The van der Waals surface area contributed by atoms with Crippen LogP contribution in [-0.2, 0) is 4.79 Å². The Labute approximate surface area is 143 Å². The van der Waals surface area contributed by atoms with Crippen LogP contribution >= 0.6 is 43.6 Å². The minimum absolute atomic E-state index is 0.0993. The smallest absolute Gasteiger partial charge is 0.290 e. The Hall–Kier alpha value is -1.58. The molecule has 0 radical (unpaired) electrons. The number of aromatic hydroxyl groups is 1. The Kier molecular flexibility index (Phi) is 3.87. The van der Waals surface area contributed by atoms with Crippen LogP contribution in [0, 0.1) is 0 Å². The quantitative estimate of drug-likeness (QED) is 0.652. The van der Waals surface area contributed by atoms with Gasteiger partial charge in [-0.05, 0) is 55.8 Å². The van der Waals surface area contributed by atoms with Crippen molar-refractivity contribution in [3.63, 3.8) is 0 Å². The van der Waals surface area contributed by atoms with E-state index in [9.17, 15) is 19.5 Å². The van der Waals surface area contributed by atoms with Gasteiger partial charge in [0, 0.05) is 0 Å². The summed E-state index contributed by atoms with van der Waals surface area (Å²) in [7, 11) is 0. The lowest BCUT2D eigenvalue weighted by atomic mass is 10.1. The SMILES string of the molecule is O=C1NC(=O)/C(=C/c2coc3cc(Br)c(O)c(Br)c3c2=O)S1. The van der Waals surface area contributed by atoms with Crippen LogP contribution < -0.4 is 10.7 Å². The Morgan fingerprint density at radius 2 is 2.00 bits per heavy atom. The number of phenols is 1. The number of amides is 2. The van der Waals surface area contributed by atoms with E-state index >= 15 is 0 Å². The lowest BCUT2D eigenvalue weighted by Crippen LogP contribution is -2.18. The van der Waals surface area contributed by atoms with E-state index in [0.717, 1.165) is 0 Å². The van der Waals surface area contributed by atoms with Gasteiger partial charge in [-0.2, -0.15) is 0 Å². The lowest BCUT2D eigenvalue weighted by Gasteiger charge is -2.05. The van der Waals surface area contributed by atoms with Crippen LogP contribution in [0.4, 0.5) is 4.79 Å². The molecule has 9 heteroatoms. The van der Waals surface area contributed by atoms with Gasteiger partial charge in [0.2, 0.25) is 5.43 Å². The van der Waals surface area contributed by atoms with E-state index < -0.39 is 16.6 Å². The van der Waals surface area contributed by atoms with Crippen LogP contribution in [0.5, 0.6) is 5.75 Å². The summed E-state index contributed by atoms with van der Waals surface area (Å²) in [5.41, 5.74) is -0.0678. The minimum Gasteiger partial charge on any atom is -0.506 e. The van der Waals surface area contributed by atoms with Gasteiger partial charge >= 0.3 is 0 Å². The first-order chi connectivity index (χ1) is 10.4. The second kappa shape index (κ2) is 5.56. The third-order valence-corrected chi connectivity index (χ3v) is 5.08. The fourth-order valence-corrected chi connectivity index (χ4v) is 3.81. The number of carbonyl (C=O) groups is 2. The molecule has 0 atom stereocenters. The number of hydrogen-bond acceptors (Lipinski definition) is 6. The number of phenolic OH excluding ortho intramolecular Hbond substituents is 1. The van der Waals surface area contributed by atoms with Crippen molar-refractivity contribution in [1.29, 1.82) is 0 Å². The molecule has 0 bridgehead atoms. The minimum atomic E-state index is -0.563. The van der Waals surface area contributed by atoms with Crippen LogP contribution in [0.3, 0.4) is 0 Å². The summed E-state index contributed by atoms with van der Waals surface area (Å²) in [4.78, 5) is 35.3. The summed E-state index contributed by atoms with van der Waals surface area (Å²) in [6, 6.07) is 1.47. The molecule has 0 aliphatic carbocycles. The van der Waals surface area contributed by atoms with Crippen molar-refractivity contribution in [3.05, 3.63) is 42.0 Å². The zero-order valence-electron chi connectivity index (χ0n) is 10.5. The zero-order chi connectivity index (χ0) is 16.0. The van der Waals surface area contributed by atoms with Crippen molar-refractivity contribution in [3.8, 4) is 5.75 Å². The average Bonchev–Trinajstić information content (AvgIpc) is 2.77. The molecular formula is C13H5Br2NO5S. The molecular weight excluding hydrogens is 442 g/mol. The monoisotopic (exact) mass is 445 g/mol. The van der Waals surface area contributed by atoms with Crippen molar-refractivity contribution < 1.29 is 19.1 Å². The van der Waals surface area contributed by atoms with Crippen LogP contribution in [0.1, 0.15) is 5.56 Å². The predicted octanol–water partition coefficient (Wildman–Crippen LogP) is 3.35. The summed E-state index contributed by atoms with van der Waals surface area (Å²) in [5, 5.41) is 11.6. The number of benzene rings is 1. The molecule has 2 amide bonds. The molecule has 0 spiro atoms. The Morgan fingerprint density at radius 1 is 1.27 bits per heavy atom. The summed E-state index contributed by atoms with van der Waals surface area (Å²) >= 11 is 7.00. The Balaban J connectivity index is 2.24. The van der Waals surface area contributed by atoms with Crippen LogP contribution in [0.15, 0.2) is 35.4 Å². The molecule has 2 N–H and O–H groups in total. The van der Waals surface area contributed by atoms with Gasteiger partial charge in [-0.1, -0.05) is 0 Å². The normalized spacial score (nSPS) is 16.5. The molecule has 1 aromatic heterocycles. The highest BCUT2D eigenvalue weighted by molar-refractivity contribution is 9.11. The number of halogens is 2. The molecule has 1 saturated heterocycles. The molecule has 0 unspecified atom stereocenters. The largest absolute Gasteiger partial charge is 0.506 e. The first-order valence-electron chi connectivity index (χ1n) is 5.76. The first-order valence-corrected chi connectivity index (χ1v) is 8.16. The van der Waals surface area contributed by atoms with Gasteiger partial charge in [0.15, 0.2) is 0 Å².